The first-order valence-electron chi connectivity index (χ1n) is 8.61. The highest BCUT2D eigenvalue weighted by Gasteiger charge is 2.43. The van der Waals surface area contributed by atoms with Gasteiger partial charge in [0, 0.05) is 32.7 Å². The average Bonchev–Trinajstić information content (AvgIpc) is 2.62. The Morgan fingerprint density at radius 2 is 1.78 bits per heavy atom. The van der Waals surface area contributed by atoms with Gasteiger partial charge in [-0.25, -0.2) is 4.79 Å². The largest absolute Gasteiger partial charge is 0.482 e. The number of nitrogens with zero attached hydrogens (tertiary/aromatic N) is 2. The van der Waals surface area contributed by atoms with Gasteiger partial charge in [-0.2, -0.15) is 13.2 Å². The third-order valence-electron chi connectivity index (χ3n) is 4.47. The Balaban J connectivity index is 1.65. The topological polar surface area (TPSA) is 59.1 Å². The Morgan fingerprint density at radius 3 is 2.41 bits per heavy atom. The van der Waals surface area contributed by atoms with E-state index in [2.05, 4.69) is 0 Å². The molecule has 6 nitrogen and oxygen atoms in total. The van der Waals surface area contributed by atoms with Gasteiger partial charge in [0.05, 0.1) is 0 Å². The molecule has 2 rings (SSSR count). The van der Waals surface area contributed by atoms with Crippen LogP contribution in [0.3, 0.4) is 0 Å². The van der Waals surface area contributed by atoms with E-state index >= 15 is 0 Å². The average molecular weight is 388 g/mol. The second kappa shape index (κ2) is 9.07. The summed E-state index contributed by atoms with van der Waals surface area (Å²) < 4.78 is 47.7. The number of benzene rings is 1. The number of carbonyl (C=O) groups excluding carboxylic acids is 2. The molecule has 1 aliphatic heterocycles. The van der Waals surface area contributed by atoms with E-state index in [0.717, 1.165) is 16.0 Å². The van der Waals surface area contributed by atoms with Crippen LogP contribution in [0.2, 0.25) is 0 Å². The number of rotatable bonds is 6. The monoisotopic (exact) mass is 388 g/mol. The Hall–Kier alpha value is -2.29. The van der Waals surface area contributed by atoms with E-state index in [1.165, 1.54) is 0 Å². The number of ether oxygens (including phenoxy) is 2. The lowest BCUT2D eigenvalue weighted by Crippen LogP contribution is -2.52. The molecule has 150 valence electrons. The fourth-order valence-electron chi connectivity index (χ4n) is 2.70. The summed E-state index contributed by atoms with van der Waals surface area (Å²) in [7, 11) is 0. The Bertz CT molecular complexity index is 671. The molecule has 0 atom stereocenters. The zero-order chi connectivity index (χ0) is 20.0. The smallest absolute Gasteiger partial charge is 0.471 e. The predicted octanol–water partition coefficient (Wildman–Crippen LogP) is 1.93. The molecule has 1 heterocycles. The van der Waals surface area contributed by atoms with Gasteiger partial charge in [-0.05, 0) is 31.0 Å². The summed E-state index contributed by atoms with van der Waals surface area (Å²) in [4.78, 5) is 25.6. The molecule has 0 aliphatic carbocycles. The predicted molar refractivity (Wildman–Crippen MR) is 91.4 cm³/mol. The summed E-state index contributed by atoms with van der Waals surface area (Å²) in [6.45, 7) is 4.76. The quantitative estimate of drug-likeness (QED) is 0.697. The number of hydrogen-bond donors (Lipinski definition) is 0. The van der Waals surface area contributed by atoms with Gasteiger partial charge in [0.25, 0.3) is 0 Å². The Kier molecular flexibility index (Phi) is 7.06. The first-order chi connectivity index (χ1) is 12.7. The van der Waals surface area contributed by atoms with Crippen LogP contribution in [-0.4, -0.2) is 73.8 Å². The number of amides is 1. The zero-order valence-electron chi connectivity index (χ0n) is 15.3. The molecular weight excluding hydrogens is 365 g/mol. The van der Waals surface area contributed by atoms with E-state index in [4.69, 9.17) is 9.47 Å². The fraction of sp³-hybridized carbons (Fsp3) is 0.556. The number of carbonyl (C=O) groups is 2. The van der Waals surface area contributed by atoms with Gasteiger partial charge in [0.15, 0.2) is 6.61 Å². The lowest BCUT2D eigenvalue weighted by molar-refractivity contribution is -0.187. The highest BCUT2D eigenvalue weighted by atomic mass is 19.4. The van der Waals surface area contributed by atoms with Crippen molar-refractivity contribution < 1.29 is 32.2 Å². The van der Waals surface area contributed by atoms with E-state index in [0.29, 0.717) is 25.4 Å². The van der Waals surface area contributed by atoms with Gasteiger partial charge >= 0.3 is 18.1 Å². The lowest BCUT2D eigenvalue weighted by atomic mass is 10.1. The standard InChI is InChI=1S/C18H23F3N2O4/c1-13-4-3-5-15(14(13)2)27-12-16(24)26-11-10-22-6-8-23(9-7-22)17(25)18(19,20)21/h3-5H,6-12H2,1-2H3. The van der Waals surface area contributed by atoms with Crippen LogP contribution in [0.4, 0.5) is 13.2 Å². The fourth-order valence-corrected chi connectivity index (χ4v) is 2.70. The van der Waals surface area contributed by atoms with Crippen molar-refractivity contribution in [2.75, 3.05) is 45.9 Å². The third kappa shape index (κ3) is 6.13. The van der Waals surface area contributed by atoms with Gasteiger partial charge < -0.3 is 14.4 Å². The van der Waals surface area contributed by atoms with Gasteiger partial charge in [-0.15, -0.1) is 0 Å². The maximum Gasteiger partial charge on any atom is 0.471 e. The molecule has 0 unspecified atom stereocenters. The summed E-state index contributed by atoms with van der Waals surface area (Å²) in [6, 6.07) is 5.56. The number of halogens is 3. The van der Waals surface area contributed by atoms with E-state index in [-0.39, 0.29) is 26.3 Å². The minimum absolute atomic E-state index is 0.00202. The normalized spacial score (nSPS) is 15.5. The molecule has 27 heavy (non-hydrogen) atoms. The molecule has 1 aromatic carbocycles. The lowest BCUT2D eigenvalue weighted by Gasteiger charge is -2.34. The van der Waals surface area contributed by atoms with Crippen molar-refractivity contribution in [3.8, 4) is 5.75 Å². The minimum atomic E-state index is -4.84. The van der Waals surface area contributed by atoms with Crippen LogP contribution < -0.4 is 4.74 Å². The van der Waals surface area contributed by atoms with Crippen LogP contribution >= 0.6 is 0 Å². The molecule has 1 fully saturated rings. The van der Waals surface area contributed by atoms with E-state index in [1.807, 2.05) is 30.9 Å². The maximum atomic E-state index is 12.4. The summed E-state index contributed by atoms with van der Waals surface area (Å²) in [5.41, 5.74) is 2.01. The number of hydrogen-bond acceptors (Lipinski definition) is 5. The van der Waals surface area contributed by atoms with Crippen molar-refractivity contribution in [3.63, 3.8) is 0 Å². The van der Waals surface area contributed by atoms with Crippen LogP contribution in [0.1, 0.15) is 11.1 Å². The van der Waals surface area contributed by atoms with Crippen LogP contribution in [-0.2, 0) is 14.3 Å². The SMILES string of the molecule is Cc1cccc(OCC(=O)OCCN2CCN(C(=O)C(F)(F)F)CC2)c1C. The summed E-state index contributed by atoms with van der Waals surface area (Å²) in [5.74, 6) is -1.70. The number of aryl methyl sites for hydroxylation is 1. The summed E-state index contributed by atoms with van der Waals surface area (Å²) >= 11 is 0. The van der Waals surface area contributed by atoms with Crippen LogP contribution in [0, 0.1) is 13.8 Å². The number of alkyl halides is 3. The Morgan fingerprint density at radius 1 is 1.11 bits per heavy atom. The second-order valence-electron chi connectivity index (χ2n) is 6.34. The van der Waals surface area contributed by atoms with Crippen molar-refractivity contribution in [1.29, 1.82) is 0 Å². The van der Waals surface area contributed by atoms with Crippen molar-refractivity contribution in [2.45, 2.75) is 20.0 Å². The third-order valence-corrected chi connectivity index (χ3v) is 4.47. The molecule has 9 heteroatoms. The van der Waals surface area contributed by atoms with E-state index in [1.54, 1.807) is 6.07 Å². The van der Waals surface area contributed by atoms with Crippen LogP contribution in [0.25, 0.3) is 0 Å². The van der Waals surface area contributed by atoms with Crippen molar-refractivity contribution in [2.24, 2.45) is 0 Å². The first-order valence-corrected chi connectivity index (χ1v) is 8.61. The van der Waals surface area contributed by atoms with Gasteiger partial charge in [-0.3, -0.25) is 9.69 Å². The number of piperazine rings is 1. The van der Waals surface area contributed by atoms with Crippen LogP contribution in [0.5, 0.6) is 5.75 Å². The van der Waals surface area contributed by atoms with Gasteiger partial charge in [0.2, 0.25) is 0 Å². The van der Waals surface area contributed by atoms with E-state index < -0.39 is 18.1 Å². The second-order valence-corrected chi connectivity index (χ2v) is 6.34. The maximum absolute atomic E-state index is 12.4. The molecule has 1 amide bonds. The molecule has 0 saturated carbocycles. The number of esters is 1. The highest BCUT2D eigenvalue weighted by Crippen LogP contribution is 2.21. The molecular formula is C18H23F3N2O4. The molecule has 0 aromatic heterocycles. The highest BCUT2D eigenvalue weighted by molar-refractivity contribution is 5.81. The molecule has 1 aliphatic rings. The van der Waals surface area contributed by atoms with Gasteiger partial charge in [-0.1, -0.05) is 12.1 Å². The molecule has 0 radical (unpaired) electrons. The molecule has 0 bridgehead atoms. The van der Waals surface area contributed by atoms with Crippen molar-refractivity contribution in [1.82, 2.24) is 9.80 Å². The van der Waals surface area contributed by atoms with Crippen molar-refractivity contribution >= 4 is 11.9 Å². The zero-order valence-corrected chi connectivity index (χ0v) is 15.3. The first kappa shape index (κ1) is 21.0. The summed E-state index contributed by atoms with van der Waals surface area (Å²) in [5, 5.41) is 0. The summed E-state index contributed by atoms with van der Waals surface area (Å²) in [6.07, 6.45) is -4.84. The van der Waals surface area contributed by atoms with Gasteiger partial charge in [0.1, 0.15) is 12.4 Å². The molecule has 1 aromatic rings. The van der Waals surface area contributed by atoms with Crippen LogP contribution in [0.15, 0.2) is 18.2 Å². The minimum Gasteiger partial charge on any atom is -0.482 e. The van der Waals surface area contributed by atoms with E-state index in [9.17, 15) is 22.8 Å². The molecule has 1 saturated heterocycles. The molecule has 0 spiro atoms. The Labute approximate surface area is 155 Å². The molecule has 0 N–H and O–H groups in total. The van der Waals surface area contributed by atoms with Crippen molar-refractivity contribution in [3.05, 3.63) is 29.3 Å².